The molecule has 41 heavy (non-hydrogen) atoms. The first-order valence-corrected chi connectivity index (χ1v) is 15.0. The Morgan fingerprint density at radius 2 is 1.85 bits per heavy atom. The van der Waals surface area contributed by atoms with Crippen LogP contribution >= 0.6 is 0 Å². The molecule has 1 aromatic carbocycles. The minimum absolute atomic E-state index is 0.115. The monoisotopic (exact) mass is 580 g/mol. The molecular weight excluding hydrogens is 544 g/mol. The third-order valence-corrected chi connectivity index (χ3v) is 9.07. The summed E-state index contributed by atoms with van der Waals surface area (Å²) in [4.78, 5) is 23.9. The number of anilines is 1. The van der Waals surface area contributed by atoms with Crippen LogP contribution in [0.3, 0.4) is 0 Å². The van der Waals surface area contributed by atoms with E-state index in [0.717, 1.165) is 12.0 Å². The Bertz CT molecular complexity index is 1610. The highest BCUT2D eigenvalue weighted by Gasteiger charge is 2.41. The van der Waals surface area contributed by atoms with Gasteiger partial charge in [0.25, 0.3) is 5.91 Å². The van der Waals surface area contributed by atoms with Crippen molar-refractivity contribution in [1.29, 1.82) is 0 Å². The molecule has 0 aliphatic carbocycles. The summed E-state index contributed by atoms with van der Waals surface area (Å²) in [6.07, 6.45) is 0.860. The number of sulfone groups is 1. The van der Waals surface area contributed by atoms with E-state index in [2.05, 4.69) is 25.8 Å². The van der Waals surface area contributed by atoms with E-state index in [-0.39, 0.29) is 46.1 Å². The van der Waals surface area contributed by atoms with Gasteiger partial charge in [-0.1, -0.05) is 39.8 Å². The van der Waals surface area contributed by atoms with Crippen molar-refractivity contribution in [3.8, 4) is 17.4 Å². The second-order valence-corrected chi connectivity index (χ2v) is 14.2. The molecule has 3 aromatic rings. The summed E-state index contributed by atoms with van der Waals surface area (Å²) in [5, 5.41) is -0.255. The van der Waals surface area contributed by atoms with Crippen LogP contribution in [0.25, 0.3) is 0 Å². The number of benzene rings is 1. The lowest BCUT2D eigenvalue weighted by Gasteiger charge is -2.35. The molecular formula is C30H36N4O6S. The van der Waals surface area contributed by atoms with Crippen LogP contribution in [0.2, 0.25) is 0 Å². The van der Waals surface area contributed by atoms with Crippen molar-refractivity contribution >= 4 is 21.6 Å². The number of amides is 1. The van der Waals surface area contributed by atoms with E-state index < -0.39 is 21.2 Å². The summed E-state index contributed by atoms with van der Waals surface area (Å²) in [7, 11) is -4.31. The highest BCUT2D eigenvalue weighted by Crippen LogP contribution is 2.41. The molecule has 218 valence electrons. The number of pyridine rings is 2. The Morgan fingerprint density at radius 1 is 1.12 bits per heavy atom. The van der Waals surface area contributed by atoms with Crippen LogP contribution in [0.15, 0.2) is 52.4 Å². The van der Waals surface area contributed by atoms with E-state index >= 15 is 0 Å². The first-order chi connectivity index (χ1) is 19.2. The molecule has 1 fully saturated rings. The molecule has 1 saturated heterocycles. The summed E-state index contributed by atoms with van der Waals surface area (Å²) in [5.74, 6) is 1.14. The second-order valence-electron chi connectivity index (χ2n) is 12.3. The maximum absolute atomic E-state index is 14.2. The maximum atomic E-state index is 14.2. The molecule has 2 aliphatic heterocycles. The molecule has 4 heterocycles. The highest BCUT2D eigenvalue weighted by molar-refractivity contribution is 7.91. The van der Waals surface area contributed by atoms with Gasteiger partial charge < -0.3 is 24.8 Å². The van der Waals surface area contributed by atoms with Gasteiger partial charge in [0.1, 0.15) is 18.0 Å². The molecule has 5 rings (SSSR count). The highest BCUT2D eigenvalue weighted by atomic mass is 32.2. The predicted octanol–water partition coefficient (Wildman–Crippen LogP) is 4.64. The third-order valence-electron chi connectivity index (χ3n) is 7.39. The van der Waals surface area contributed by atoms with Crippen molar-refractivity contribution in [1.82, 2.24) is 9.97 Å². The van der Waals surface area contributed by atoms with Crippen molar-refractivity contribution in [3.05, 3.63) is 59.3 Å². The zero-order chi connectivity index (χ0) is 29.7. The lowest BCUT2D eigenvalue weighted by molar-refractivity contribution is 0.0997. The second kappa shape index (κ2) is 10.2. The van der Waals surface area contributed by atoms with Crippen LogP contribution in [0.4, 0.5) is 5.82 Å². The quantitative estimate of drug-likeness (QED) is 0.424. The predicted molar refractivity (Wildman–Crippen MR) is 153 cm³/mol. The topological polar surface area (TPSA) is 134 Å². The summed E-state index contributed by atoms with van der Waals surface area (Å²) < 4.78 is 45.0. The number of hydrogen-bond acceptors (Lipinski definition) is 9. The van der Waals surface area contributed by atoms with Crippen molar-refractivity contribution < 1.29 is 27.4 Å². The molecule has 1 amide bonds. The fourth-order valence-corrected chi connectivity index (χ4v) is 6.84. The van der Waals surface area contributed by atoms with Gasteiger partial charge in [-0.2, -0.15) is 0 Å². The van der Waals surface area contributed by atoms with Crippen molar-refractivity contribution in [2.75, 3.05) is 18.2 Å². The Morgan fingerprint density at radius 3 is 2.51 bits per heavy atom. The molecule has 0 saturated carbocycles. The van der Waals surface area contributed by atoms with E-state index in [1.807, 2.05) is 31.7 Å². The smallest absolute Gasteiger partial charge is 0.253 e. The van der Waals surface area contributed by atoms with Gasteiger partial charge in [-0.15, -0.1) is 0 Å². The maximum Gasteiger partial charge on any atom is 0.253 e. The fourth-order valence-electron chi connectivity index (χ4n) is 5.42. The van der Waals surface area contributed by atoms with Gasteiger partial charge in [0.05, 0.1) is 4.90 Å². The fraction of sp³-hybridized carbons (Fsp3) is 0.433. The molecule has 10 nitrogen and oxygen atoms in total. The number of nitrogens with zero attached hydrogens (tertiary/aromatic N) is 3. The zero-order valence-electron chi connectivity index (χ0n) is 24.2. The van der Waals surface area contributed by atoms with Gasteiger partial charge >= 0.3 is 0 Å². The molecule has 2 aromatic heterocycles. The largest absolute Gasteiger partial charge is 0.473 e. The normalized spacial score (nSPS) is 18.0. The standard InChI is InChI=1S/C30H36N4O6S/c1-18-14-30(5,6)34(15-18)28-26(27(31)35)22(13-23(32-28)29(2,3)4)41(36,37)25-9-7-8-24(33-25)38-16-19-10-11-20-21(12-19)40-17-39-20/h7-13,18H,14-17H2,1-6H3,(H2,31,35). The summed E-state index contributed by atoms with van der Waals surface area (Å²) in [6, 6.07) is 11.4. The van der Waals surface area contributed by atoms with E-state index in [4.69, 9.17) is 24.9 Å². The van der Waals surface area contributed by atoms with Crippen LogP contribution in [0.1, 0.15) is 69.6 Å². The van der Waals surface area contributed by atoms with Gasteiger partial charge in [-0.05, 0) is 56.0 Å². The Labute approximate surface area is 240 Å². The van der Waals surface area contributed by atoms with E-state index in [0.29, 0.717) is 29.7 Å². The van der Waals surface area contributed by atoms with Crippen LogP contribution in [-0.2, 0) is 21.9 Å². The number of aromatic nitrogens is 2. The number of ether oxygens (including phenoxy) is 3. The number of carbonyl (C=O) groups excluding carboxylic acids is 1. The molecule has 0 spiro atoms. The molecule has 11 heteroatoms. The average molecular weight is 581 g/mol. The van der Waals surface area contributed by atoms with Gasteiger partial charge in [0.15, 0.2) is 16.5 Å². The van der Waals surface area contributed by atoms with Gasteiger partial charge in [-0.3, -0.25) is 4.79 Å². The van der Waals surface area contributed by atoms with Crippen molar-refractivity contribution in [2.45, 2.75) is 75.4 Å². The lowest BCUT2D eigenvalue weighted by atomic mass is 9.91. The minimum Gasteiger partial charge on any atom is -0.473 e. The minimum atomic E-state index is -4.31. The van der Waals surface area contributed by atoms with E-state index in [1.54, 1.807) is 24.3 Å². The van der Waals surface area contributed by atoms with Gasteiger partial charge in [0, 0.05) is 29.3 Å². The summed E-state index contributed by atoms with van der Waals surface area (Å²) in [6.45, 7) is 13.0. The summed E-state index contributed by atoms with van der Waals surface area (Å²) >= 11 is 0. The number of carbonyl (C=O) groups is 1. The van der Waals surface area contributed by atoms with Crippen LogP contribution < -0.4 is 24.8 Å². The first-order valence-electron chi connectivity index (χ1n) is 13.5. The Balaban J connectivity index is 1.56. The average Bonchev–Trinajstić information content (AvgIpc) is 3.48. The molecule has 2 N–H and O–H groups in total. The first kappa shape index (κ1) is 28.7. The van der Waals surface area contributed by atoms with Gasteiger partial charge in [0.2, 0.25) is 22.5 Å². The lowest BCUT2D eigenvalue weighted by Crippen LogP contribution is -2.41. The molecule has 2 aliphatic rings. The number of fused-ring (bicyclic) bond motifs is 1. The van der Waals surface area contributed by atoms with E-state index in [9.17, 15) is 13.2 Å². The van der Waals surface area contributed by atoms with Crippen LogP contribution in [-0.4, -0.2) is 43.2 Å². The zero-order valence-corrected chi connectivity index (χ0v) is 25.0. The number of hydrogen-bond donors (Lipinski definition) is 1. The number of primary amides is 1. The van der Waals surface area contributed by atoms with Crippen LogP contribution in [0.5, 0.6) is 17.4 Å². The van der Waals surface area contributed by atoms with Gasteiger partial charge in [-0.25, -0.2) is 18.4 Å². The third kappa shape index (κ3) is 5.55. The number of nitrogens with two attached hydrogens (primary N) is 1. The summed E-state index contributed by atoms with van der Waals surface area (Å²) in [5.41, 5.74) is 6.23. The SMILES string of the molecule is CC1CN(c2nc(C(C)(C)C)cc(S(=O)(=O)c3cccc(OCc4ccc5c(c4)OCO5)n3)c2C(N)=O)C(C)(C)C1. The Kier molecular flexibility index (Phi) is 7.13. The van der Waals surface area contributed by atoms with Crippen molar-refractivity contribution in [3.63, 3.8) is 0 Å². The number of rotatable bonds is 7. The Hall–Kier alpha value is -3.86. The van der Waals surface area contributed by atoms with Crippen molar-refractivity contribution in [2.24, 2.45) is 11.7 Å². The molecule has 0 radical (unpaired) electrons. The van der Waals surface area contributed by atoms with Crippen LogP contribution in [0, 0.1) is 5.92 Å². The van der Waals surface area contributed by atoms with E-state index in [1.165, 1.54) is 12.1 Å². The molecule has 1 atom stereocenters. The molecule has 0 bridgehead atoms. The molecule has 1 unspecified atom stereocenters.